The van der Waals surface area contributed by atoms with Gasteiger partial charge < -0.3 is 15.3 Å². The number of hydrogen-bond donors (Lipinski definition) is 2. The average molecular weight is 355 g/mol. The molecule has 2 aliphatic rings. The molecule has 0 spiro atoms. The quantitative estimate of drug-likeness (QED) is 0.874. The molecule has 1 heterocycles. The summed E-state index contributed by atoms with van der Waals surface area (Å²) in [7, 11) is 0. The summed E-state index contributed by atoms with van der Waals surface area (Å²) < 4.78 is 13.6. The van der Waals surface area contributed by atoms with Crippen LogP contribution in [-0.4, -0.2) is 35.6 Å². The number of aliphatic hydroxyl groups excluding tert-OH is 1. The van der Waals surface area contributed by atoms with Crippen LogP contribution >= 0.6 is 11.6 Å². The van der Waals surface area contributed by atoms with Crippen LogP contribution in [0.2, 0.25) is 5.02 Å². The largest absolute Gasteiger partial charge is 0.393 e. The van der Waals surface area contributed by atoms with Gasteiger partial charge in [-0.15, -0.1) is 0 Å². The smallest absolute Gasteiger partial charge is 0.249 e. The van der Waals surface area contributed by atoms with Crippen molar-refractivity contribution in [3.63, 3.8) is 0 Å². The number of rotatable bonds is 3. The van der Waals surface area contributed by atoms with E-state index in [1.165, 1.54) is 17.0 Å². The summed E-state index contributed by atoms with van der Waals surface area (Å²) in [6.45, 7) is 0.425. The third kappa shape index (κ3) is 3.54. The highest BCUT2D eigenvalue weighted by Gasteiger charge is 2.35. The van der Waals surface area contributed by atoms with Crippen LogP contribution in [0.1, 0.15) is 32.1 Å². The number of hydrogen-bond acceptors (Lipinski definition) is 3. The van der Waals surface area contributed by atoms with E-state index in [-0.39, 0.29) is 28.9 Å². The van der Waals surface area contributed by atoms with E-state index in [1.807, 2.05) is 0 Å². The Kier molecular flexibility index (Phi) is 5.06. The number of benzene rings is 1. The van der Waals surface area contributed by atoms with Gasteiger partial charge in [0.05, 0.1) is 11.1 Å². The van der Waals surface area contributed by atoms with Gasteiger partial charge in [-0.25, -0.2) is 4.39 Å². The van der Waals surface area contributed by atoms with Crippen molar-refractivity contribution in [2.24, 2.45) is 5.92 Å². The molecule has 2 N–H and O–H groups in total. The van der Waals surface area contributed by atoms with Crippen molar-refractivity contribution in [2.75, 3.05) is 11.4 Å². The normalized spacial score (nSPS) is 27.4. The summed E-state index contributed by atoms with van der Waals surface area (Å²) in [5.74, 6) is -1.09. The van der Waals surface area contributed by atoms with Crippen LogP contribution in [-0.2, 0) is 9.59 Å². The molecule has 1 aliphatic heterocycles. The summed E-state index contributed by atoms with van der Waals surface area (Å²) in [6.07, 6.45) is 2.68. The number of nitrogens with one attached hydrogen (secondary N) is 1. The third-order valence-corrected chi connectivity index (χ3v) is 5.11. The standard InChI is InChI=1S/C17H20ClFN2O3/c18-13-6-3-11(9-14(13)19)21-8-7-15(17(21)24)20-16(23)10-1-4-12(22)5-2-10/h3,6,9-10,12,15,22H,1-2,4-5,7-8H2,(H,20,23). The van der Waals surface area contributed by atoms with Crippen LogP contribution in [0.15, 0.2) is 18.2 Å². The van der Waals surface area contributed by atoms with Crippen LogP contribution in [0.25, 0.3) is 0 Å². The Labute approximate surface area is 144 Å². The molecule has 0 bridgehead atoms. The number of carbonyl (C=O) groups is 2. The molecule has 1 saturated heterocycles. The molecule has 1 aliphatic carbocycles. The van der Waals surface area contributed by atoms with Crippen molar-refractivity contribution in [3.8, 4) is 0 Å². The van der Waals surface area contributed by atoms with Crippen LogP contribution in [0, 0.1) is 11.7 Å². The van der Waals surface area contributed by atoms with E-state index < -0.39 is 11.9 Å². The van der Waals surface area contributed by atoms with Gasteiger partial charge in [0.2, 0.25) is 11.8 Å². The van der Waals surface area contributed by atoms with Crippen molar-refractivity contribution in [1.82, 2.24) is 5.32 Å². The fraction of sp³-hybridized carbons (Fsp3) is 0.529. The lowest BCUT2D eigenvalue weighted by atomic mass is 9.87. The topological polar surface area (TPSA) is 69.6 Å². The van der Waals surface area contributed by atoms with Gasteiger partial charge in [0.1, 0.15) is 11.9 Å². The minimum atomic E-state index is -0.580. The van der Waals surface area contributed by atoms with Gasteiger partial charge in [0.25, 0.3) is 0 Å². The molecule has 24 heavy (non-hydrogen) atoms. The van der Waals surface area contributed by atoms with Gasteiger partial charge in [-0.1, -0.05) is 11.6 Å². The lowest BCUT2D eigenvalue weighted by Gasteiger charge is -2.25. The lowest BCUT2D eigenvalue weighted by molar-refractivity contribution is -0.130. The molecule has 1 aromatic rings. The average Bonchev–Trinajstić information content (AvgIpc) is 2.91. The first-order valence-corrected chi connectivity index (χ1v) is 8.58. The van der Waals surface area contributed by atoms with E-state index in [2.05, 4.69) is 5.32 Å². The highest BCUT2D eigenvalue weighted by Crippen LogP contribution is 2.27. The van der Waals surface area contributed by atoms with Gasteiger partial charge in [0, 0.05) is 18.2 Å². The van der Waals surface area contributed by atoms with E-state index in [4.69, 9.17) is 11.6 Å². The van der Waals surface area contributed by atoms with Crippen molar-refractivity contribution in [1.29, 1.82) is 0 Å². The van der Waals surface area contributed by atoms with Crippen LogP contribution in [0.5, 0.6) is 0 Å². The maximum absolute atomic E-state index is 13.6. The SMILES string of the molecule is O=C(NC1CCN(c2ccc(Cl)c(F)c2)C1=O)C1CCC(O)CC1. The predicted molar refractivity (Wildman–Crippen MR) is 88.3 cm³/mol. The summed E-state index contributed by atoms with van der Waals surface area (Å²) in [5, 5.41) is 12.3. The van der Waals surface area contributed by atoms with Crippen molar-refractivity contribution in [3.05, 3.63) is 29.0 Å². The Morgan fingerprint density at radius 3 is 2.62 bits per heavy atom. The number of aliphatic hydroxyl groups is 1. The highest BCUT2D eigenvalue weighted by atomic mass is 35.5. The molecule has 1 saturated carbocycles. The van der Waals surface area contributed by atoms with Crippen molar-refractivity contribution >= 4 is 29.1 Å². The maximum Gasteiger partial charge on any atom is 0.249 e. The molecule has 0 aromatic heterocycles. The molecule has 1 unspecified atom stereocenters. The van der Waals surface area contributed by atoms with E-state index in [9.17, 15) is 19.1 Å². The first-order chi connectivity index (χ1) is 11.5. The molecule has 2 amide bonds. The van der Waals surface area contributed by atoms with Crippen LogP contribution in [0.4, 0.5) is 10.1 Å². The third-order valence-electron chi connectivity index (χ3n) is 4.80. The molecule has 1 atom stereocenters. The second-order valence-corrected chi connectivity index (χ2v) is 6.85. The highest BCUT2D eigenvalue weighted by molar-refractivity contribution is 6.30. The van der Waals surface area contributed by atoms with Gasteiger partial charge >= 0.3 is 0 Å². The minimum absolute atomic E-state index is 0.00901. The Bertz CT molecular complexity index is 647. The molecule has 1 aromatic carbocycles. The summed E-state index contributed by atoms with van der Waals surface area (Å²) in [4.78, 5) is 26.3. The minimum Gasteiger partial charge on any atom is -0.393 e. The predicted octanol–water partition coefficient (Wildman–Crippen LogP) is 2.25. The van der Waals surface area contributed by atoms with Gasteiger partial charge in [-0.2, -0.15) is 0 Å². The van der Waals surface area contributed by atoms with E-state index in [0.29, 0.717) is 44.3 Å². The monoisotopic (exact) mass is 354 g/mol. The first kappa shape index (κ1) is 17.2. The number of halogens is 2. The van der Waals surface area contributed by atoms with E-state index in [0.717, 1.165) is 0 Å². The van der Waals surface area contributed by atoms with Gasteiger partial charge in [0.15, 0.2) is 0 Å². The zero-order valence-electron chi connectivity index (χ0n) is 13.2. The maximum atomic E-state index is 13.6. The van der Waals surface area contributed by atoms with E-state index >= 15 is 0 Å². The molecular weight excluding hydrogens is 335 g/mol. The Morgan fingerprint density at radius 1 is 1.25 bits per heavy atom. The zero-order chi connectivity index (χ0) is 17.3. The molecule has 0 radical (unpaired) electrons. The molecule has 2 fully saturated rings. The second-order valence-electron chi connectivity index (χ2n) is 6.44. The fourth-order valence-corrected chi connectivity index (χ4v) is 3.47. The molecule has 130 valence electrons. The lowest BCUT2D eigenvalue weighted by Crippen LogP contribution is -2.44. The first-order valence-electron chi connectivity index (χ1n) is 8.20. The van der Waals surface area contributed by atoms with Crippen molar-refractivity contribution in [2.45, 2.75) is 44.2 Å². The Hall–Kier alpha value is -1.66. The fourth-order valence-electron chi connectivity index (χ4n) is 3.35. The Balaban J connectivity index is 1.61. The number of nitrogens with zero attached hydrogens (tertiary/aromatic N) is 1. The number of amides is 2. The molecule has 7 heteroatoms. The summed E-state index contributed by atoms with van der Waals surface area (Å²) in [5.41, 5.74) is 0.444. The molecule has 5 nitrogen and oxygen atoms in total. The molecule has 3 rings (SSSR count). The van der Waals surface area contributed by atoms with E-state index in [1.54, 1.807) is 6.07 Å². The summed E-state index contributed by atoms with van der Waals surface area (Å²) >= 11 is 5.66. The Morgan fingerprint density at radius 2 is 1.96 bits per heavy atom. The van der Waals surface area contributed by atoms with Crippen LogP contribution in [0.3, 0.4) is 0 Å². The second kappa shape index (κ2) is 7.07. The van der Waals surface area contributed by atoms with Gasteiger partial charge in [-0.05, 0) is 50.3 Å². The molecular formula is C17H20ClFN2O3. The summed E-state index contributed by atoms with van der Waals surface area (Å²) in [6, 6.07) is 3.66. The number of anilines is 1. The van der Waals surface area contributed by atoms with Crippen molar-refractivity contribution < 1.29 is 19.1 Å². The number of carbonyl (C=O) groups excluding carboxylic acids is 2. The zero-order valence-corrected chi connectivity index (χ0v) is 13.9. The van der Waals surface area contributed by atoms with Gasteiger partial charge in [-0.3, -0.25) is 9.59 Å². The van der Waals surface area contributed by atoms with Crippen LogP contribution < -0.4 is 10.2 Å².